The van der Waals surface area contributed by atoms with Gasteiger partial charge >= 0.3 is 0 Å². The van der Waals surface area contributed by atoms with E-state index in [1.165, 1.54) is 24.3 Å². The Bertz CT molecular complexity index is 1290. The van der Waals surface area contributed by atoms with Crippen molar-refractivity contribution in [2.24, 2.45) is 0 Å². The number of para-hydroxylation sites is 1. The Kier molecular flexibility index (Phi) is 5.72. The molecule has 0 fully saturated rings. The molecule has 1 N–H and O–H groups in total. The zero-order chi connectivity index (χ0) is 21.1. The molecule has 0 spiro atoms. The van der Waals surface area contributed by atoms with Crippen LogP contribution in [0.5, 0.6) is 5.75 Å². The number of benzene rings is 2. The third-order valence-electron chi connectivity index (χ3n) is 4.65. The molecule has 2 aromatic carbocycles. The number of pyridine rings is 1. The Morgan fingerprint density at radius 2 is 1.83 bits per heavy atom. The average Bonchev–Trinajstić information content (AvgIpc) is 3.10. The van der Waals surface area contributed by atoms with Crippen LogP contribution in [0.3, 0.4) is 0 Å². The first kappa shape index (κ1) is 20.3. The van der Waals surface area contributed by atoms with Gasteiger partial charge in [0.1, 0.15) is 17.1 Å². The molecule has 154 valence electrons. The maximum atomic E-state index is 12.7. The minimum atomic E-state index is -3.72. The van der Waals surface area contributed by atoms with Crippen molar-refractivity contribution in [2.45, 2.75) is 18.0 Å². The average molecular weight is 443 g/mol. The lowest BCUT2D eigenvalue weighted by Crippen LogP contribution is -2.25. The number of aromatic nitrogens is 3. The van der Waals surface area contributed by atoms with Crippen LogP contribution in [0.25, 0.3) is 11.2 Å². The molecule has 2 aromatic heterocycles. The van der Waals surface area contributed by atoms with Gasteiger partial charge in [-0.05, 0) is 42.5 Å². The van der Waals surface area contributed by atoms with Crippen molar-refractivity contribution in [3.05, 3.63) is 83.3 Å². The van der Waals surface area contributed by atoms with Gasteiger partial charge in [0.15, 0.2) is 5.65 Å². The lowest BCUT2D eigenvalue weighted by atomic mass is 10.2. The van der Waals surface area contributed by atoms with Crippen molar-refractivity contribution in [2.75, 3.05) is 7.11 Å². The molecular formula is C21H19ClN4O3S. The standard InChI is InChI=1S/C21H19ClN4O3S/c1-29-19-7-3-2-5-15(19)14-26-20(25-18-6-4-12-23-21(18)26)13-24-30(27,28)17-10-8-16(22)9-11-17/h2-12,24H,13-14H2,1H3. The maximum Gasteiger partial charge on any atom is 0.240 e. The second-order valence-corrected chi connectivity index (χ2v) is 8.75. The van der Waals surface area contributed by atoms with E-state index in [-0.39, 0.29) is 11.4 Å². The number of hydrogen-bond donors (Lipinski definition) is 1. The fourth-order valence-electron chi connectivity index (χ4n) is 3.17. The number of halogens is 1. The molecule has 7 nitrogen and oxygen atoms in total. The monoisotopic (exact) mass is 442 g/mol. The first-order valence-corrected chi connectivity index (χ1v) is 11.0. The highest BCUT2D eigenvalue weighted by Gasteiger charge is 2.18. The first-order chi connectivity index (χ1) is 14.5. The number of nitrogens with zero attached hydrogens (tertiary/aromatic N) is 3. The number of nitrogens with one attached hydrogen (secondary N) is 1. The fourth-order valence-corrected chi connectivity index (χ4v) is 4.27. The van der Waals surface area contributed by atoms with Gasteiger partial charge in [-0.2, -0.15) is 0 Å². The van der Waals surface area contributed by atoms with Crippen molar-refractivity contribution >= 4 is 32.8 Å². The maximum absolute atomic E-state index is 12.7. The van der Waals surface area contributed by atoms with Crippen molar-refractivity contribution in [1.82, 2.24) is 19.3 Å². The van der Waals surface area contributed by atoms with E-state index >= 15 is 0 Å². The Balaban J connectivity index is 1.67. The van der Waals surface area contributed by atoms with Crippen LogP contribution in [-0.4, -0.2) is 30.1 Å². The number of methoxy groups -OCH3 is 1. The lowest BCUT2D eigenvalue weighted by Gasteiger charge is -2.13. The summed E-state index contributed by atoms with van der Waals surface area (Å²) in [5.41, 5.74) is 2.30. The van der Waals surface area contributed by atoms with Crippen molar-refractivity contribution in [3.8, 4) is 5.75 Å². The molecule has 0 aliphatic rings. The molecule has 0 saturated carbocycles. The molecule has 0 aliphatic heterocycles. The molecule has 0 saturated heterocycles. The van der Waals surface area contributed by atoms with Crippen molar-refractivity contribution < 1.29 is 13.2 Å². The van der Waals surface area contributed by atoms with Crippen LogP contribution in [0, 0.1) is 0 Å². The lowest BCUT2D eigenvalue weighted by molar-refractivity contribution is 0.408. The normalized spacial score (nSPS) is 11.7. The molecule has 2 heterocycles. The van der Waals surface area contributed by atoms with Gasteiger partial charge in [0.25, 0.3) is 0 Å². The predicted octanol–water partition coefficient (Wildman–Crippen LogP) is 3.62. The number of rotatable bonds is 7. The Hall–Kier alpha value is -2.94. The zero-order valence-corrected chi connectivity index (χ0v) is 17.7. The summed E-state index contributed by atoms with van der Waals surface area (Å²) < 4.78 is 35.3. The van der Waals surface area contributed by atoms with Gasteiger partial charge < -0.3 is 9.30 Å². The summed E-state index contributed by atoms with van der Waals surface area (Å²) in [6.07, 6.45) is 1.68. The second-order valence-electron chi connectivity index (χ2n) is 6.55. The van der Waals surface area contributed by atoms with Crippen LogP contribution in [0.2, 0.25) is 5.02 Å². The number of ether oxygens (including phenoxy) is 1. The summed E-state index contributed by atoms with van der Waals surface area (Å²) >= 11 is 5.86. The minimum absolute atomic E-state index is 0.0104. The van der Waals surface area contributed by atoms with E-state index in [0.717, 1.165) is 11.3 Å². The van der Waals surface area contributed by atoms with E-state index in [0.29, 0.717) is 28.6 Å². The second kappa shape index (κ2) is 8.43. The van der Waals surface area contributed by atoms with Gasteiger partial charge in [-0.1, -0.05) is 29.8 Å². The highest BCUT2D eigenvalue weighted by molar-refractivity contribution is 7.89. The molecule has 0 bridgehead atoms. The molecule has 0 radical (unpaired) electrons. The number of sulfonamides is 1. The van der Waals surface area contributed by atoms with Crippen LogP contribution in [0.1, 0.15) is 11.4 Å². The van der Waals surface area contributed by atoms with E-state index in [2.05, 4.69) is 14.7 Å². The summed E-state index contributed by atoms with van der Waals surface area (Å²) in [4.78, 5) is 9.16. The highest BCUT2D eigenvalue weighted by Crippen LogP contribution is 2.22. The summed E-state index contributed by atoms with van der Waals surface area (Å²) in [7, 11) is -2.11. The topological polar surface area (TPSA) is 86.1 Å². The summed E-state index contributed by atoms with van der Waals surface area (Å²) in [6, 6.07) is 17.3. The molecule has 0 atom stereocenters. The van der Waals surface area contributed by atoms with Gasteiger partial charge in [-0.25, -0.2) is 23.1 Å². The van der Waals surface area contributed by atoms with Crippen LogP contribution >= 0.6 is 11.6 Å². The SMILES string of the molecule is COc1ccccc1Cn1c(CNS(=O)(=O)c2ccc(Cl)cc2)nc2cccnc21. The molecule has 0 amide bonds. The van der Waals surface area contributed by atoms with Crippen molar-refractivity contribution in [3.63, 3.8) is 0 Å². The van der Waals surface area contributed by atoms with Crippen LogP contribution < -0.4 is 9.46 Å². The smallest absolute Gasteiger partial charge is 0.240 e. The highest BCUT2D eigenvalue weighted by atomic mass is 35.5. The Morgan fingerprint density at radius 1 is 1.07 bits per heavy atom. The minimum Gasteiger partial charge on any atom is -0.496 e. The zero-order valence-electron chi connectivity index (χ0n) is 16.1. The van der Waals surface area contributed by atoms with E-state index in [1.807, 2.05) is 34.9 Å². The fraction of sp³-hybridized carbons (Fsp3) is 0.143. The van der Waals surface area contributed by atoms with Gasteiger partial charge in [-0.3, -0.25) is 0 Å². The number of hydrogen-bond acceptors (Lipinski definition) is 5. The molecule has 4 rings (SSSR count). The van der Waals surface area contributed by atoms with Gasteiger partial charge in [0, 0.05) is 16.8 Å². The van der Waals surface area contributed by atoms with Crippen LogP contribution in [-0.2, 0) is 23.1 Å². The van der Waals surface area contributed by atoms with E-state index in [9.17, 15) is 8.42 Å². The van der Waals surface area contributed by atoms with Gasteiger partial charge in [0.2, 0.25) is 10.0 Å². The summed E-state index contributed by atoms with van der Waals surface area (Å²) in [5, 5.41) is 0.471. The molecule has 0 aliphatic carbocycles. The summed E-state index contributed by atoms with van der Waals surface area (Å²) in [5.74, 6) is 1.29. The number of imidazole rings is 1. The Morgan fingerprint density at radius 3 is 2.60 bits per heavy atom. The van der Waals surface area contributed by atoms with Crippen LogP contribution in [0.4, 0.5) is 0 Å². The molecule has 30 heavy (non-hydrogen) atoms. The van der Waals surface area contributed by atoms with E-state index in [1.54, 1.807) is 19.4 Å². The molecule has 4 aromatic rings. The Labute approximate surface area is 179 Å². The third kappa shape index (κ3) is 4.16. The largest absolute Gasteiger partial charge is 0.496 e. The summed E-state index contributed by atoms with van der Waals surface area (Å²) in [6.45, 7) is 0.450. The number of fused-ring (bicyclic) bond motifs is 1. The first-order valence-electron chi connectivity index (χ1n) is 9.15. The van der Waals surface area contributed by atoms with Gasteiger partial charge in [0.05, 0.1) is 25.1 Å². The third-order valence-corrected chi connectivity index (χ3v) is 6.32. The van der Waals surface area contributed by atoms with E-state index < -0.39 is 10.0 Å². The van der Waals surface area contributed by atoms with Crippen LogP contribution in [0.15, 0.2) is 71.8 Å². The van der Waals surface area contributed by atoms with E-state index in [4.69, 9.17) is 16.3 Å². The molecule has 9 heteroatoms. The molecular weight excluding hydrogens is 424 g/mol. The van der Waals surface area contributed by atoms with Gasteiger partial charge in [-0.15, -0.1) is 0 Å². The van der Waals surface area contributed by atoms with Crippen molar-refractivity contribution in [1.29, 1.82) is 0 Å². The molecule has 0 unspecified atom stereocenters. The predicted molar refractivity (Wildman–Crippen MR) is 115 cm³/mol. The quantitative estimate of drug-likeness (QED) is 0.472.